The molecule has 14 heavy (non-hydrogen) atoms. The maximum absolute atomic E-state index is 10.8. The van der Waals surface area contributed by atoms with Crippen LogP contribution in [0.4, 0.5) is 0 Å². The standard InChI is InChI=1S/C9H21O4P/c1-5-7(3)9(8(4)6-2)13-14(10,11)12/h7-9H,5-6H2,1-4H3,(H2,10,11,12). The molecule has 5 heteroatoms. The van der Waals surface area contributed by atoms with Crippen molar-refractivity contribution in [1.29, 1.82) is 0 Å². The van der Waals surface area contributed by atoms with E-state index in [0.717, 1.165) is 12.8 Å². The first-order valence-corrected chi connectivity index (χ1v) is 6.58. The molecule has 4 nitrogen and oxygen atoms in total. The molecule has 0 amide bonds. The molecule has 0 radical (unpaired) electrons. The number of rotatable bonds is 6. The molecule has 2 atom stereocenters. The normalized spacial score (nSPS) is 19.0. The lowest BCUT2D eigenvalue weighted by molar-refractivity contribution is 0.0517. The average Bonchev–Trinajstić information content (AvgIpc) is 2.10. The van der Waals surface area contributed by atoms with Crippen LogP contribution in [0.2, 0.25) is 0 Å². The molecule has 0 aromatic carbocycles. The summed E-state index contributed by atoms with van der Waals surface area (Å²) >= 11 is 0. The van der Waals surface area contributed by atoms with Gasteiger partial charge in [0, 0.05) is 0 Å². The summed E-state index contributed by atoms with van der Waals surface area (Å²) in [5.41, 5.74) is 0. The fourth-order valence-electron chi connectivity index (χ4n) is 1.39. The van der Waals surface area contributed by atoms with Gasteiger partial charge in [-0.15, -0.1) is 0 Å². The van der Waals surface area contributed by atoms with Gasteiger partial charge in [0.05, 0.1) is 6.10 Å². The maximum atomic E-state index is 10.8. The highest BCUT2D eigenvalue weighted by Gasteiger charge is 2.29. The lowest BCUT2D eigenvalue weighted by Gasteiger charge is -2.28. The second-order valence-corrected chi connectivity index (χ2v) is 5.02. The van der Waals surface area contributed by atoms with Crippen molar-refractivity contribution >= 4 is 7.82 Å². The van der Waals surface area contributed by atoms with Crippen molar-refractivity contribution in [3.63, 3.8) is 0 Å². The van der Waals surface area contributed by atoms with Crippen molar-refractivity contribution in [2.45, 2.75) is 46.6 Å². The molecule has 0 saturated carbocycles. The molecular weight excluding hydrogens is 203 g/mol. The lowest BCUT2D eigenvalue weighted by Crippen LogP contribution is -2.27. The molecule has 0 aromatic rings. The Kier molecular flexibility index (Phi) is 5.91. The summed E-state index contributed by atoms with van der Waals surface area (Å²) in [5, 5.41) is 0. The average molecular weight is 224 g/mol. The largest absolute Gasteiger partial charge is 0.469 e. The van der Waals surface area contributed by atoms with Crippen molar-refractivity contribution in [2.24, 2.45) is 11.8 Å². The molecule has 0 aliphatic rings. The Morgan fingerprint density at radius 3 is 1.71 bits per heavy atom. The molecule has 0 aromatic heterocycles. The van der Waals surface area contributed by atoms with Gasteiger partial charge < -0.3 is 9.79 Å². The van der Waals surface area contributed by atoms with Gasteiger partial charge in [-0.05, 0) is 11.8 Å². The fraction of sp³-hybridized carbons (Fsp3) is 1.00. The van der Waals surface area contributed by atoms with E-state index in [9.17, 15) is 4.57 Å². The van der Waals surface area contributed by atoms with Gasteiger partial charge in [-0.25, -0.2) is 4.57 Å². The highest BCUT2D eigenvalue weighted by molar-refractivity contribution is 7.46. The molecular formula is C9H21O4P. The van der Waals surface area contributed by atoms with Gasteiger partial charge in [0.1, 0.15) is 0 Å². The Bertz CT molecular complexity index is 191. The van der Waals surface area contributed by atoms with E-state index >= 15 is 0 Å². The Morgan fingerprint density at radius 2 is 1.50 bits per heavy atom. The zero-order valence-electron chi connectivity index (χ0n) is 9.30. The highest BCUT2D eigenvalue weighted by Crippen LogP contribution is 2.41. The molecule has 0 spiro atoms. The Balaban J connectivity index is 4.48. The molecule has 0 saturated heterocycles. The quantitative estimate of drug-likeness (QED) is 0.680. The van der Waals surface area contributed by atoms with Gasteiger partial charge in [-0.1, -0.05) is 40.5 Å². The topological polar surface area (TPSA) is 66.8 Å². The van der Waals surface area contributed by atoms with Crippen LogP contribution >= 0.6 is 7.82 Å². The molecule has 0 rings (SSSR count). The predicted octanol–water partition coefficient (Wildman–Crippen LogP) is 2.56. The van der Waals surface area contributed by atoms with E-state index in [-0.39, 0.29) is 17.9 Å². The van der Waals surface area contributed by atoms with E-state index in [0.29, 0.717) is 0 Å². The van der Waals surface area contributed by atoms with Crippen LogP contribution in [0.5, 0.6) is 0 Å². The van der Waals surface area contributed by atoms with Crippen LogP contribution in [0.3, 0.4) is 0 Å². The van der Waals surface area contributed by atoms with E-state index in [4.69, 9.17) is 14.3 Å². The zero-order valence-corrected chi connectivity index (χ0v) is 10.2. The molecule has 2 unspecified atom stereocenters. The molecule has 0 heterocycles. The molecule has 0 bridgehead atoms. The third kappa shape index (κ3) is 5.11. The SMILES string of the molecule is CCC(C)C(OP(=O)(O)O)C(C)CC. The van der Waals surface area contributed by atoms with E-state index < -0.39 is 7.82 Å². The van der Waals surface area contributed by atoms with Crippen LogP contribution in [0.25, 0.3) is 0 Å². The van der Waals surface area contributed by atoms with E-state index in [1.807, 2.05) is 27.7 Å². The molecule has 0 fully saturated rings. The van der Waals surface area contributed by atoms with Crippen molar-refractivity contribution in [1.82, 2.24) is 0 Å². The number of phosphoric ester groups is 1. The lowest BCUT2D eigenvalue weighted by atomic mass is 9.90. The van der Waals surface area contributed by atoms with Crippen molar-refractivity contribution < 1.29 is 18.9 Å². The fourth-order valence-corrected chi connectivity index (χ4v) is 2.12. The minimum Gasteiger partial charge on any atom is -0.303 e. The van der Waals surface area contributed by atoms with Crippen LogP contribution in [0.15, 0.2) is 0 Å². The minimum atomic E-state index is -4.36. The Hall–Kier alpha value is 0.110. The Morgan fingerprint density at radius 1 is 1.14 bits per heavy atom. The molecule has 0 aliphatic carbocycles. The van der Waals surface area contributed by atoms with Gasteiger partial charge in [0.15, 0.2) is 0 Å². The van der Waals surface area contributed by atoms with E-state index in [1.165, 1.54) is 0 Å². The minimum absolute atomic E-state index is 0.164. The third-order valence-corrected chi connectivity index (χ3v) is 3.19. The van der Waals surface area contributed by atoms with Gasteiger partial charge in [-0.3, -0.25) is 4.52 Å². The van der Waals surface area contributed by atoms with Gasteiger partial charge in [0.25, 0.3) is 0 Å². The number of hydrogen-bond acceptors (Lipinski definition) is 2. The van der Waals surface area contributed by atoms with Crippen molar-refractivity contribution in [2.75, 3.05) is 0 Å². The van der Waals surface area contributed by atoms with Gasteiger partial charge in [-0.2, -0.15) is 0 Å². The van der Waals surface area contributed by atoms with Gasteiger partial charge >= 0.3 is 7.82 Å². The number of hydrogen-bond donors (Lipinski definition) is 2. The monoisotopic (exact) mass is 224 g/mol. The number of phosphoric acid groups is 1. The summed E-state index contributed by atoms with van der Waals surface area (Å²) in [6.45, 7) is 7.88. The summed E-state index contributed by atoms with van der Waals surface area (Å²) in [4.78, 5) is 17.5. The first-order chi connectivity index (χ1) is 6.31. The van der Waals surface area contributed by atoms with Crippen LogP contribution < -0.4 is 0 Å². The predicted molar refractivity (Wildman–Crippen MR) is 55.8 cm³/mol. The highest BCUT2D eigenvalue weighted by atomic mass is 31.2. The Labute approximate surface area is 85.9 Å². The van der Waals surface area contributed by atoms with Crippen LogP contribution in [0.1, 0.15) is 40.5 Å². The summed E-state index contributed by atoms with van der Waals surface area (Å²) in [6.07, 6.45) is 1.36. The summed E-state index contributed by atoms with van der Waals surface area (Å²) < 4.78 is 15.6. The third-order valence-electron chi connectivity index (χ3n) is 2.67. The van der Waals surface area contributed by atoms with E-state index in [1.54, 1.807) is 0 Å². The molecule has 86 valence electrons. The van der Waals surface area contributed by atoms with Crippen molar-refractivity contribution in [3.05, 3.63) is 0 Å². The first-order valence-electron chi connectivity index (χ1n) is 5.05. The molecule has 2 N–H and O–H groups in total. The second kappa shape index (κ2) is 5.86. The second-order valence-electron chi connectivity index (χ2n) is 3.83. The first kappa shape index (κ1) is 14.1. The zero-order chi connectivity index (χ0) is 11.4. The van der Waals surface area contributed by atoms with Crippen LogP contribution in [-0.4, -0.2) is 15.9 Å². The van der Waals surface area contributed by atoms with E-state index in [2.05, 4.69) is 0 Å². The van der Waals surface area contributed by atoms with Crippen LogP contribution in [0, 0.1) is 11.8 Å². The van der Waals surface area contributed by atoms with Crippen LogP contribution in [-0.2, 0) is 9.09 Å². The summed E-state index contributed by atoms with van der Waals surface area (Å²) in [5.74, 6) is 0.329. The summed E-state index contributed by atoms with van der Waals surface area (Å²) in [6, 6.07) is 0. The smallest absolute Gasteiger partial charge is 0.303 e. The van der Waals surface area contributed by atoms with Crippen molar-refractivity contribution in [3.8, 4) is 0 Å². The maximum Gasteiger partial charge on any atom is 0.469 e. The molecule has 0 aliphatic heterocycles. The van der Waals surface area contributed by atoms with Gasteiger partial charge in [0.2, 0.25) is 0 Å². The summed E-state index contributed by atoms with van der Waals surface area (Å²) in [7, 11) is -4.36.